The quantitative estimate of drug-likeness (QED) is 0.473. The van der Waals surface area contributed by atoms with Gasteiger partial charge in [-0.3, -0.25) is 4.79 Å². The standard InChI is InChI=1S/C23H37N3O/c1-4-5-6-7-8-9-12-18-26-21-15-11-10-14-20(21)25-22(26)16-13-17-24-23(27)19(2)3/h10-11,14-15,19H,4-9,12-13,16-18H2,1-3H3,(H,24,27). The van der Waals surface area contributed by atoms with Crippen molar-refractivity contribution >= 4 is 16.9 Å². The van der Waals surface area contributed by atoms with Crippen molar-refractivity contribution in [3.63, 3.8) is 0 Å². The molecule has 0 aliphatic heterocycles. The molecule has 1 aromatic heterocycles. The molecule has 2 rings (SSSR count). The highest BCUT2D eigenvalue weighted by Crippen LogP contribution is 2.18. The summed E-state index contributed by atoms with van der Waals surface area (Å²) in [6.07, 6.45) is 11.1. The largest absolute Gasteiger partial charge is 0.356 e. The van der Waals surface area contributed by atoms with Gasteiger partial charge in [0.2, 0.25) is 5.91 Å². The molecule has 1 N–H and O–H groups in total. The van der Waals surface area contributed by atoms with Crippen LogP contribution in [-0.4, -0.2) is 22.0 Å². The second-order valence-corrected chi connectivity index (χ2v) is 7.84. The predicted molar refractivity (Wildman–Crippen MR) is 114 cm³/mol. The minimum Gasteiger partial charge on any atom is -0.356 e. The van der Waals surface area contributed by atoms with Crippen molar-refractivity contribution in [3.05, 3.63) is 30.1 Å². The zero-order valence-electron chi connectivity index (χ0n) is 17.5. The number of aryl methyl sites for hydroxylation is 2. The number of fused-ring (bicyclic) bond motifs is 1. The van der Waals surface area contributed by atoms with Gasteiger partial charge in [0.05, 0.1) is 11.0 Å². The van der Waals surface area contributed by atoms with Crippen LogP contribution in [0.15, 0.2) is 24.3 Å². The molecule has 4 heteroatoms. The molecule has 0 saturated heterocycles. The molecule has 0 atom stereocenters. The van der Waals surface area contributed by atoms with Crippen LogP contribution in [0.3, 0.4) is 0 Å². The van der Waals surface area contributed by atoms with Crippen molar-refractivity contribution < 1.29 is 4.79 Å². The summed E-state index contributed by atoms with van der Waals surface area (Å²) in [5, 5.41) is 3.01. The van der Waals surface area contributed by atoms with Crippen LogP contribution in [0.1, 0.15) is 78.0 Å². The lowest BCUT2D eigenvalue weighted by molar-refractivity contribution is -0.123. The molecular weight excluding hydrogens is 334 g/mol. The summed E-state index contributed by atoms with van der Waals surface area (Å²) in [6, 6.07) is 8.42. The van der Waals surface area contributed by atoms with Crippen molar-refractivity contribution in [1.82, 2.24) is 14.9 Å². The monoisotopic (exact) mass is 371 g/mol. The van der Waals surface area contributed by atoms with E-state index in [4.69, 9.17) is 4.98 Å². The Bertz CT molecular complexity index is 690. The van der Waals surface area contributed by atoms with E-state index in [0.29, 0.717) is 0 Å². The Hall–Kier alpha value is -1.84. The van der Waals surface area contributed by atoms with Crippen molar-refractivity contribution in [1.29, 1.82) is 0 Å². The molecule has 27 heavy (non-hydrogen) atoms. The fourth-order valence-corrected chi connectivity index (χ4v) is 3.45. The summed E-state index contributed by atoms with van der Waals surface area (Å²) in [5.41, 5.74) is 2.33. The van der Waals surface area contributed by atoms with E-state index in [-0.39, 0.29) is 11.8 Å². The van der Waals surface area contributed by atoms with Crippen molar-refractivity contribution in [2.24, 2.45) is 5.92 Å². The van der Waals surface area contributed by atoms with Gasteiger partial charge in [-0.05, 0) is 25.0 Å². The number of hydrogen-bond acceptors (Lipinski definition) is 2. The number of nitrogens with one attached hydrogen (secondary N) is 1. The lowest BCUT2D eigenvalue weighted by Gasteiger charge is -2.10. The average molecular weight is 372 g/mol. The van der Waals surface area contributed by atoms with Gasteiger partial charge in [0.15, 0.2) is 0 Å². The van der Waals surface area contributed by atoms with Crippen LogP contribution in [-0.2, 0) is 17.8 Å². The minimum absolute atomic E-state index is 0.0481. The molecule has 0 radical (unpaired) electrons. The number of rotatable bonds is 13. The first-order valence-corrected chi connectivity index (χ1v) is 10.8. The first-order valence-electron chi connectivity index (χ1n) is 10.8. The summed E-state index contributed by atoms with van der Waals surface area (Å²) >= 11 is 0. The van der Waals surface area contributed by atoms with Gasteiger partial charge in [0, 0.05) is 25.4 Å². The molecule has 1 aromatic carbocycles. The first-order chi connectivity index (χ1) is 13.1. The smallest absolute Gasteiger partial charge is 0.222 e. The van der Waals surface area contributed by atoms with Gasteiger partial charge in [-0.15, -0.1) is 0 Å². The number of hydrogen-bond donors (Lipinski definition) is 1. The van der Waals surface area contributed by atoms with Gasteiger partial charge in [0.25, 0.3) is 0 Å². The van der Waals surface area contributed by atoms with E-state index in [2.05, 4.69) is 41.1 Å². The molecule has 0 aliphatic carbocycles. The minimum atomic E-state index is 0.0481. The molecule has 0 spiro atoms. The van der Waals surface area contributed by atoms with Crippen LogP contribution in [0.2, 0.25) is 0 Å². The highest BCUT2D eigenvalue weighted by Gasteiger charge is 2.11. The van der Waals surface area contributed by atoms with Crippen LogP contribution >= 0.6 is 0 Å². The molecular formula is C23H37N3O. The summed E-state index contributed by atoms with van der Waals surface area (Å²) in [4.78, 5) is 16.6. The normalized spacial score (nSPS) is 11.4. The SMILES string of the molecule is CCCCCCCCCn1c(CCCNC(=O)C(C)C)nc2ccccc21. The summed E-state index contributed by atoms with van der Waals surface area (Å²) in [7, 11) is 0. The number of carbonyl (C=O) groups is 1. The number of nitrogens with zero attached hydrogens (tertiary/aromatic N) is 2. The second kappa shape index (κ2) is 11.8. The lowest BCUT2D eigenvalue weighted by atomic mass is 10.1. The van der Waals surface area contributed by atoms with E-state index >= 15 is 0 Å². The Morgan fingerprint density at radius 2 is 1.74 bits per heavy atom. The van der Waals surface area contributed by atoms with E-state index in [1.165, 1.54) is 50.5 Å². The van der Waals surface area contributed by atoms with Gasteiger partial charge < -0.3 is 9.88 Å². The molecule has 0 fully saturated rings. The van der Waals surface area contributed by atoms with Crippen molar-refractivity contribution in [3.8, 4) is 0 Å². The highest BCUT2D eigenvalue weighted by molar-refractivity contribution is 5.77. The third-order valence-corrected chi connectivity index (χ3v) is 5.12. The summed E-state index contributed by atoms with van der Waals surface area (Å²) in [6.45, 7) is 7.88. The Balaban J connectivity index is 1.87. The molecule has 4 nitrogen and oxygen atoms in total. The molecule has 2 aromatic rings. The lowest BCUT2D eigenvalue weighted by Crippen LogP contribution is -2.28. The molecule has 0 unspecified atom stereocenters. The molecule has 0 bridgehead atoms. The fraction of sp³-hybridized carbons (Fsp3) is 0.652. The number of carbonyl (C=O) groups excluding carboxylic acids is 1. The molecule has 0 saturated carbocycles. The van der Waals surface area contributed by atoms with Crippen LogP contribution in [0.4, 0.5) is 0 Å². The topological polar surface area (TPSA) is 46.9 Å². The number of imidazole rings is 1. The van der Waals surface area contributed by atoms with Crippen molar-refractivity contribution in [2.75, 3.05) is 6.54 Å². The maximum absolute atomic E-state index is 11.7. The third-order valence-electron chi connectivity index (χ3n) is 5.12. The Morgan fingerprint density at radius 3 is 2.48 bits per heavy atom. The Morgan fingerprint density at radius 1 is 1.04 bits per heavy atom. The van der Waals surface area contributed by atoms with Crippen LogP contribution in [0.5, 0.6) is 0 Å². The van der Waals surface area contributed by atoms with E-state index in [0.717, 1.165) is 37.3 Å². The maximum Gasteiger partial charge on any atom is 0.222 e. The maximum atomic E-state index is 11.7. The Labute approximate surface area is 164 Å². The van der Waals surface area contributed by atoms with Gasteiger partial charge in [-0.25, -0.2) is 4.98 Å². The van der Waals surface area contributed by atoms with E-state index in [9.17, 15) is 4.79 Å². The molecule has 1 amide bonds. The highest BCUT2D eigenvalue weighted by atomic mass is 16.1. The average Bonchev–Trinajstić information content (AvgIpc) is 3.01. The number of benzene rings is 1. The number of aromatic nitrogens is 2. The number of unbranched alkanes of at least 4 members (excludes halogenated alkanes) is 6. The third kappa shape index (κ3) is 7.00. The zero-order chi connectivity index (χ0) is 19.5. The van der Waals surface area contributed by atoms with Gasteiger partial charge in [0.1, 0.15) is 5.82 Å². The van der Waals surface area contributed by atoms with Crippen LogP contribution in [0.25, 0.3) is 11.0 Å². The second-order valence-electron chi connectivity index (χ2n) is 7.84. The zero-order valence-corrected chi connectivity index (χ0v) is 17.5. The fourth-order valence-electron chi connectivity index (χ4n) is 3.45. The van der Waals surface area contributed by atoms with Gasteiger partial charge in [-0.1, -0.05) is 71.4 Å². The van der Waals surface area contributed by atoms with Gasteiger partial charge >= 0.3 is 0 Å². The van der Waals surface area contributed by atoms with E-state index < -0.39 is 0 Å². The first kappa shape index (κ1) is 21.5. The van der Waals surface area contributed by atoms with Crippen LogP contribution in [0, 0.1) is 5.92 Å². The number of para-hydroxylation sites is 2. The molecule has 1 heterocycles. The molecule has 0 aliphatic rings. The summed E-state index contributed by atoms with van der Waals surface area (Å²) in [5.74, 6) is 1.33. The van der Waals surface area contributed by atoms with E-state index in [1.807, 2.05) is 13.8 Å². The molecule has 150 valence electrons. The summed E-state index contributed by atoms with van der Waals surface area (Å²) < 4.78 is 2.39. The van der Waals surface area contributed by atoms with E-state index in [1.54, 1.807) is 0 Å². The van der Waals surface area contributed by atoms with Crippen LogP contribution < -0.4 is 5.32 Å². The number of amides is 1. The Kier molecular flexibility index (Phi) is 9.37. The van der Waals surface area contributed by atoms with Gasteiger partial charge in [-0.2, -0.15) is 0 Å². The van der Waals surface area contributed by atoms with Crippen molar-refractivity contribution in [2.45, 2.75) is 85.1 Å². The predicted octanol–water partition coefficient (Wildman–Crippen LogP) is 5.49.